The fourth-order valence-corrected chi connectivity index (χ4v) is 2.34. The average molecular weight is 287 g/mol. The van der Waals surface area contributed by atoms with Crippen LogP contribution in [-0.4, -0.2) is 73.6 Å². The summed E-state index contributed by atoms with van der Waals surface area (Å²) in [6, 6.07) is 0. The number of carbonyl (C=O) groups is 2. The van der Waals surface area contributed by atoms with Crippen LogP contribution in [-0.2, 0) is 23.8 Å². The van der Waals surface area contributed by atoms with Crippen LogP contribution in [0.15, 0.2) is 0 Å². The number of hydrogen-bond donors (Lipinski definition) is 1. The molecule has 1 unspecified atom stereocenters. The highest BCUT2D eigenvalue weighted by atomic mass is 16.5. The van der Waals surface area contributed by atoms with E-state index in [2.05, 4.69) is 0 Å². The van der Waals surface area contributed by atoms with Gasteiger partial charge in [0.15, 0.2) is 6.10 Å². The van der Waals surface area contributed by atoms with E-state index < -0.39 is 12.1 Å². The van der Waals surface area contributed by atoms with Gasteiger partial charge < -0.3 is 24.2 Å². The van der Waals surface area contributed by atoms with Crippen LogP contribution in [0.5, 0.6) is 0 Å². The van der Waals surface area contributed by atoms with Crippen molar-refractivity contribution in [3.8, 4) is 0 Å². The summed E-state index contributed by atoms with van der Waals surface area (Å²) in [6.07, 6.45) is 1.28. The van der Waals surface area contributed by atoms with E-state index in [1.54, 1.807) is 0 Å². The number of hydrogen-bond acceptors (Lipinski definition) is 5. The first-order valence-corrected chi connectivity index (χ1v) is 6.98. The lowest BCUT2D eigenvalue weighted by molar-refractivity contribution is -0.159. The topological polar surface area (TPSA) is 85.3 Å². The minimum Gasteiger partial charge on any atom is -0.479 e. The molecule has 0 aromatic rings. The van der Waals surface area contributed by atoms with Crippen LogP contribution < -0.4 is 0 Å². The molecular weight excluding hydrogens is 266 g/mol. The molecule has 2 aliphatic heterocycles. The zero-order chi connectivity index (χ0) is 14.4. The second-order valence-electron chi connectivity index (χ2n) is 4.97. The number of carbonyl (C=O) groups excluding carboxylic acids is 1. The van der Waals surface area contributed by atoms with Gasteiger partial charge in [0.05, 0.1) is 32.3 Å². The van der Waals surface area contributed by atoms with Crippen LogP contribution in [0.1, 0.15) is 19.3 Å². The van der Waals surface area contributed by atoms with E-state index in [-0.39, 0.29) is 31.6 Å². The van der Waals surface area contributed by atoms with Gasteiger partial charge in [0.1, 0.15) is 0 Å². The van der Waals surface area contributed by atoms with E-state index in [4.69, 9.17) is 19.3 Å². The van der Waals surface area contributed by atoms with Crippen molar-refractivity contribution in [3.63, 3.8) is 0 Å². The second-order valence-corrected chi connectivity index (χ2v) is 4.97. The highest BCUT2D eigenvalue weighted by Crippen LogP contribution is 2.12. The number of aliphatic carboxylic acids is 1. The summed E-state index contributed by atoms with van der Waals surface area (Å²) in [4.78, 5) is 24.4. The quantitative estimate of drug-likeness (QED) is 0.759. The van der Waals surface area contributed by atoms with Crippen molar-refractivity contribution < 1.29 is 28.9 Å². The average Bonchev–Trinajstić information content (AvgIpc) is 2.48. The van der Waals surface area contributed by atoms with Crippen LogP contribution in [0.2, 0.25) is 0 Å². The number of ether oxygens (including phenoxy) is 3. The Kier molecular flexibility index (Phi) is 5.75. The van der Waals surface area contributed by atoms with Gasteiger partial charge in [-0.05, 0) is 12.8 Å². The molecule has 0 spiro atoms. The maximum atomic E-state index is 12.0. The molecule has 0 aliphatic carbocycles. The second kappa shape index (κ2) is 7.56. The lowest BCUT2D eigenvalue weighted by atomic mass is 10.1. The van der Waals surface area contributed by atoms with E-state index in [1.807, 2.05) is 0 Å². The summed E-state index contributed by atoms with van der Waals surface area (Å²) < 4.78 is 16.0. The molecule has 0 aromatic heterocycles. The molecule has 2 saturated heterocycles. The molecule has 7 nitrogen and oxygen atoms in total. The monoisotopic (exact) mass is 287 g/mol. The molecule has 1 N–H and O–H groups in total. The van der Waals surface area contributed by atoms with Gasteiger partial charge >= 0.3 is 5.97 Å². The normalized spacial score (nSPS) is 24.6. The minimum atomic E-state index is -1.03. The number of amides is 1. The van der Waals surface area contributed by atoms with E-state index >= 15 is 0 Å². The highest BCUT2D eigenvalue weighted by molar-refractivity contribution is 5.78. The Hall–Kier alpha value is -1.18. The van der Waals surface area contributed by atoms with E-state index in [0.717, 1.165) is 12.8 Å². The van der Waals surface area contributed by atoms with Gasteiger partial charge in [0.2, 0.25) is 5.91 Å². The van der Waals surface area contributed by atoms with Crippen molar-refractivity contribution in [1.82, 2.24) is 4.90 Å². The maximum absolute atomic E-state index is 12.0. The molecule has 1 amide bonds. The van der Waals surface area contributed by atoms with Crippen LogP contribution >= 0.6 is 0 Å². The van der Waals surface area contributed by atoms with Crippen molar-refractivity contribution in [2.45, 2.75) is 31.5 Å². The SMILES string of the molecule is O=C(O)C1CN(C(=O)CCOC2CCOCC2)CCO1. The number of rotatable bonds is 5. The van der Waals surface area contributed by atoms with Gasteiger partial charge in [-0.1, -0.05) is 0 Å². The van der Waals surface area contributed by atoms with Gasteiger partial charge in [0.25, 0.3) is 0 Å². The summed E-state index contributed by atoms with van der Waals surface area (Å²) >= 11 is 0. The van der Waals surface area contributed by atoms with Gasteiger partial charge in [-0.15, -0.1) is 0 Å². The maximum Gasteiger partial charge on any atom is 0.334 e. The Morgan fingerprint density at radius 3 is 2.70 bits per heavy atom. The van der Waals surface area contributed by atoms with Crippen molar-refractivity contribution in [3.05, 3.63) is 0 Å². The summed E-state index contributed by atoms with van der Waals surface area (Å²) in [5.74, 6) is -1.10. The Morgan fingerprint density at radius 1 is 1.25 bits per heavy atom. The summed E-state index contributed by atoms with van der Waals surface area (Å²) in [5, 5.41) is 8.88. The van der Waals surface area contributed by atoms with Crippen molar-refractivity contribution in [2.24, 2.45) is 0 Å². The van der Waals surface area contributed by atoms with Crippen LogP contribution in [0.4, 0.5) is 0 Å². The molecule has 7 heteroatoms. The summed E-state index contributed by atoms with van der Waals surface area (Å²) in [5.41, 5.74) is 0. The highest BCUT2D eigenvalue weighted by Gasteiger charge is 2.28. The first-order valence-electron chi connectivity index (χ1n) is 6.98. The van der Waals surface area contributed by atoms with E-state index in [0.29, 0.717) is 26.4 Å². The molecule has 2 aliphatic rings. The molecule has 20 heavy (non-hydrogen) atoms. The summed E-state index contributed by atoms with van der Waals surface area (Å²) in [6.45, 7) is 2.62. The van der Waals surface area contributed by atoms with Crippen molar-refractivity contribution >= 4 is 11.9 Å². The van der Waals surface area contributed by atoms with Crippen molar-refractivity contribution in [2.75, 3.05) is 39.5 Å². The predicted octanol–water partition coefficient (Wildman–Crippen LogP) is -0.116. The van der Waals surface area contributed by atoms with Gasteiger partial charge in [-0.3, -0.25) is 4.79 Å². The van der Waals surface area contributed by atoms with Crippen LogP contribution in [0.25, 0.3) is 0 Å². The zero-order valence-electron chi connectivity index (χ0n) is 11.5. The molecular formula is C13H21NO6. The lowest BCUT2D eigenvalue weighted by Gasteiger charge is -2.31. The summed E-state index contributed by atoms with van der Waals surface area (Å²) in [7, 11) is 0. The number of nitrogens with zero attached hydrogens (tertiary/aromatic N) is 1. The van der Waals surface area contributed by atoms with Crippen molar-refractivity contribution in [1.29, 1.82) is 0 Å². The Bertz CT molecular complexity index is 342. The third-order valence-corrected chi connectivity index (χ3v) is 3.53. The molecule has 114 valence electrons. The smallest absolute Gasteiger partial charge is 0.334 e. The minimum absolute atomic E-state index is 0.0772. The standard InChI is InChI=1S/C13H21NO6/c15-12(3-7-19-10-1-5-18-6-2-10)14-4-8-20-11(9-14)13(16)17/h10-11H,1-9H2,(H,16,17). The predicted molar refractivity (Wildman–Crippen MR) is 68.4 cm³/mol. The third kappa shape index (κ3) is 4.43. The fraction of sp³-hybridized carbons (Fsp3) is 0.846. The Labute approximate surface area is 117 Å². The molecule has 2 fully saturated rings. The number of carboxylic acids is 1. The van der Waals surface area contributed by atoms with E-state index in [1.165, 1.54) is 4.90 Å². The molecule has 2 rings (SSSR count). The molecule has 0 radical (unpaired) electrons. The molecule has 0 aromatic carbocycles. The first kappa shape index (κ1) is 15.2. The van der Waals surface area contributed by atoms with Crippen LogP contribution in [0.3, 0.4) is 0 Å². The van der Waals surface area contributed by atoms with E-state index in [9.17, 15) is 9.59 Å². The number of morpholine rings is 1. The number of carboxylic acid groups (broad SMARTS) is 1. The zero-order valence-corrected chi connectivity index (χ0v) is 11.5. The molecule has 0 bridgehead atoms. The molecule has 1 atom stereocenters. The van der Waals surface area contributed by atoms with Gasteiger partial charge in [-0.2, -0.15) is 0 Å². The Morgan fingerprint density at radius 2 is 2.00 bits per heavy atom. The molecule has 0 saturated carbocycles. The largest absolute Gasteiger partial charge is 0.479 e. The Balaban J connectivity index is 1.67. The first-order chi connectivity index (χ1) is 9.66. The van der Waals surface area contributed by atoms with Gasteiger partial charge in [0, 0.05) is 19.8 Å². The van der Waals surface area contributed by atoms with Gasteiger partial charge in [-0.25, -0.2) is 4.79 Å². The molecule has 2 heterocycles. The van der Waals surface area contributed by atoms with Crippen LogP contribution in [0, 0.1) is 0 Å². The lowest BCUT2D eigenvalue weighted by Crippen LogP contribution is -2.48. The fourth-order valence-electron chi connectivity index (χ4n) is 2.34. The third-order valence-electron chi connectivity index (χ3n) is 3.53.